The Morgan fingerprint density at radius 2 is 1.61 bits per heavy atom. The van der Waals surface area contributed by atoms with Crippen LogP contribution in [0.2, 0.25) is 0 Å². The van der Waals surface area contributed by atoms with Gasteiger partial charge in [-0.05, 0) is 37.5 Å². The average Bonchev–Trinajstić information content (AvgIpc) is 2.35. The Hall–Kier alpha value is -1.90. The van der Waals surface area contributed by atoms with Crippen LogP contribution in [-0.2, 0) is 13.0 Å². The molecular weight excluding hydrogens is 222 g/mol. The molecule has 1 aromatic carbocycles. The van der Waals surface area contributed by atoms with E-state index < -0.39 is 0 Å². The Balaban J connectivity index is 2.11. The average molecular weight is 241 g/mol. The lowest BCUT2D eigenvalue weighted by Crippen LogP contribution is -2.06. The van der Waals surface area contributed by atoms with Gasteiger partial charge >= 0.3 is 0 Å². The summed E-state index contributed by atoms with van der Waals surface area (Å²) in [6, 6.07) is 10.4. The van der Waals surface area contributed by atoms with Gasteiger partial charge in [0.1, 0.15) is 0 Å². The first-order valence-electron chi connectivity index (χ1n) is 6.32. The van der Waals surface area contributed by atoms with E-state index in [-0.39, 0.29) is 0 Å². The third-order valence-electron chi connectivity index (χ3n) is 2.92. The standard InChI is InChI=1S/C15H19N3/c1-4-13-7-5-6-8-14(13)10-16-15-17-11(2)9-12(3)18-15/h5-9H,4,10H2,1-3H3,(H,16,17,18). The number of rotatable bonds is 4. The number of aromatic nitrogens is 2. The lowest BCUT2D eigenvalue weighted by molar-refractivity contribution is 0.983. The molecule has 2 rings (SSSR count). The molecule has 0 aliphatic heterocycles. The zero-order chi connectivity index (χ0) is 13.0. The Labute approximate surface area is 108 Å². The van der Waals surface area contributed by atoms with Crippen LogP contribution in [0, 0.1) is 13.8 Å². The molecule has 0 saturated heterocycles. The fourth-order valence-corrected chi connectivity index (χ4v) is 2.05. The van der Waals surface area contributed by atoms with Crippen LogP contribution in [0.15, 0.2) is 30.3 Å². The summed E-state index contributed by atoms with van der Waals surface area (Å²) in [5.41, 5.74) is 4.67. The van der Waals surface area contributed by atoms with Crippen molar-refractivity contribution in [1.82, 2.24) is 9.97 Å². The van der Waals surface area contributed by atoms with Gasteiger partial charge in [0, 0.05) is 17.9 Å². The van der Waals surface area contributed by atoms with Crippen molar-refractivity contribution >= 4 is 5.95 Å². The van der Waals surface area contributed by atoms with E-state index in [1.54, 1.807) is 0 Å². The summed E-state index contributed by atoms with van der Waals surface area (Å²) < 4.78 is 0. The van der Waals surface area contributed by atoms with Gasteiger partial charge in [-0.1, -0.05) is 31.2 Å². The fourth-order valence-electron chi connectivity index (χ4n) is 2.05. The van der Waals surface area contributed by atoms with E-state index in [1.165, 1.54) is 11.1 Å². The van der Waals surface area contributed by atoms with Crippen LogP contribution in [0.3, 0.4) is 0 Å². The molecule has 1 N–H and O–H groups in total. The van der Waals surface area contributed by atoms with Crippen LogP contribution < -0.4 is 5.32 Å². The molecule has 0 unspecified atom stereocenters. The van der Waals surface area contributed by atoms with Crippen molar-refractivity contribution in [1.29, 1.82) is 0 Å². The van der Waals surface area contributed by atoms with E-state index >= 15 is 0 Å². The number of nitrogens with one attached hydrogen (secondary N) is 1. The van der Waals surface area contributed by atoms with Crippen molar-refractivity contribution in [2.24, 2.45) is 0 Å². The molecule has 0 amide bonds. The first-order chi connectivity index (χ1) is 8.69. The normalized spacial score (nSPS) is 10.4. The highest BCUT2D eigenvalue weighted by Crippen LogP contribution is 2.11. The number of hydrogen-bond donors (Lipinski definition) is 1. The van der Waals surface area contributed by atoms with Crippen molar-refractivity contribution in [3.8, 4) is 0 Å². The Morgan fingerprint density at radius 3 is 2.22 bits per heavy atom. The maximum atomic E-state index is 4.38. The first kappa shape index (κ1) is 12.6. The zero-order valence-corrected chi connectivity index (χ0v) is 11.2. The van der Waals surface area contributed by atoms with Gasteiger partial charge < -0.3 is 5.32 Å². The maximum absolute atomic E-state index is 4.38. The second-order valence-electron chi connectivity index (χ2n) is 4.45. The third-order valence-corrected chi connectivity index (χ3v) is 2.92. The molecule has 0 bridgehead atoms. The smallest absolute Gasteiger partial charge is 0.223 e. The molecule has 1 aromatic heterocycles. The van der Waals surface area contributed by atoms with Gasteiger partial charge in [-0.2, -0.15) is 0 Å². The SMILES string of the molecule is CCc1ccccc1CNc1nc(C)cc(C)n1. The molecular formula is C15H19N3. The molecule has 0 saturated carbocycles. The van der Waals surface area contributed by atoms with Crippen molar-refractivity contribution in [3.05, 3.63) is 52.8 Å². The minimum atomic E-state index is 0.707. The maximum Gasteiger partial charge on any atom is 0.223 e. The molecule has 2 aromatic rings. The highest BCUT2D eigenvalue weighted by Gasteiger charge is 2.02. The monoisotopic (exact) mass is 241 g/mol. The molecule has 0 aliphatic carbocycles. The lowest BCUT2D eigenvalue weighted by Gasteiger charge is -2.10. The largest absolute Gasteiger partial charge is 0.350 e. The van der Waals surface area contributed by atoms with Crippen LogP contribution in [0.5, 0.6) is 0 Å². The summed E-state index contributed by atoms with van der Waals surface area (Å²) >= 11 is 0. The predicted molar refractivity (Wildman–Crippen MR) is 74.7 cm³/mol. The summed E-state index contributed by atoms with van der Waals surface area (Å²) in [7, 11) is 0. The minimum Gasteiger partial charge on any atom is -0.350 e. The van der Waals surface area contributed by atoms with E-state index in [1.807, 2.05) is 19.9 Å². The van der Waals surface area contributed by atoms with Gasteiger partial charge in [-0.25, -0.2) is 9.97 Å². The fraction of sp³-hybridized carbons (Fsp3) is 0.333. The second-order valence-corrected chi connectivity index (χ2v) is 4.45. The molecule has 18 heavy (non-hydrogen) atoms. The van der Waals surface area contributed by atoms with E-state index in [2.05, 4.69) is 46.5 Å². The molecule has 0 atom stereocenters. The molecule has 94 valence electrons. The van der Waals surface area contributed by atoms with E-state index in [0.29, 0.717) is 5.95 Å². The Bertz CT molecular complexity index is 515. The summed E-state index contributed by atoms with van der Waals surface area (Å²) in [5.74, 6) is 0.707. The van der Waals surface area contributed by atoms with Crippen LogP contribution in [-0.4, -0.2) is 9.97 Å². The van der Waals surface area contributed by atoms with Gasteiger partial charge in [-0.15, -0.1) is 0 Å². The quantitative estimate of drug-likeness (QED) is 0.892. The van der Waals surface area contributed by atoms with E-state index in [4.69, 9.17) is 0 Å². The summed E-state index contributed by atoms with van der Waals surface area (Å²) in [6.45, 7) is 6.92. The van der Waals surface area contributed by atoms with Gasteiger partial charge in [0.2, 0.25) is 5.95 Å². The number of aryl methyl sites for hydroxylation is 3. The molecule has 0 fully saturated rings. The van der Waals surface area contributed by atoms with Gasteiger partial charge in [0.05, 0.1) is 0 Å². The van der Waals surface area contributed by atoms with Crippen LogP contribution in [0.4, 0.5) is 5.95 Å². The topological polar surface area (TPSA) is 37.8 Å². The van der Waals surface area contributed by atoms with Crippen LogP contribution >= 0.6 is 0 Å². The minimum absolute atomic E-state index is 0.707. The Morgan fingerprint density at radius 1 is 1.00 bits per heavy atom. The summed E-state index contributed by atoms with van der Waals surface area (Å²) in [4.78, 5) is 8.76. The molecule has 1 heterocycles. The third kappa shape index (κ3) is 3.06. The molecule has 0 radical (unpaired) electrons. The number of nitrogens with zero attached hydrogens (tertiary/aromatic N) is 2. The van der Waals surface area contributed by atoms with Crippen molar-refractivity contribution in [2.75, 3.05) is 5.32 Å². The van der Waals surface area contributed by atoms with E-state index in [0.717, 1.165) is 24.4 Å². The molecule has 0 spiro atoms. The lowest BCUT2D eigenvalue weighted by atomic mass is 10.1. The molecule has 0 aliphatic rings. The van der Waals surface area contributed by atoms with E-state index in [9.17, 15) is 0 Å². The summed E-state index contributed by atoms with van der Waals surface area (Å²) in [5, 5.41) is 3.30. The highest BCUT2D eigenvalue weighted by atomic mass is 15.1. The highest BCUT2D eigenvalue weighted by molar-refractivity contribution is 5.33. The summed E-state index contributed by atoms with van der Waals surface area (Å²) in [6.07, 6.45) is 1.05. The zero-order valence-electron chi connectivity index (χ0n) is 11.2. The number of anilines is 1. The Kier molecular flexibility index (Phi) is 3.92. The first-order valence-corrected chi connectivity index (χ1v) is 6.32. The molecule has 3 nitrogen and oxygen atoms in total. The second kappa shape index (κ2) is 5.63. The predicted octanol–water partition coefficient (Wildman–Crippen LogP) is 3.27. The van der Waals surface area contributed by atoms with Crippen molar-refractivity contribution < 1.29 is 0 Å². The number of benzene rings is 1. The van der Waals surface area contributed by atoms with Gasteiger partial charge in [0.25, 0.3) is 0 Å². The van der Waals surface area contributed by atoms with Gasteiger partial charge in [0.15, 0.2) is 0 Å². The van der Waals surface area contributed by atoms with Crippen molar-refractivity contribution in [3.63, 3.8) is 0 Å². The number of hydrogen-bond acceptors (Lipinski definition) is 3. The van der Waals surface area contributed by atoms with Crippen molar-refractivity contribution in [2.45, 2.75) is 33.7 Å². The molecule has 3 heteroatoms. The van der Waals surface area contributed by atoms with Crippen LogP contribution in [0.1, 0.15) is 29.4 Å². The van der Waals surface area contributed by atoms with Crippen LogP contribution in [0.25, 0.3) is 0 Å². The van der Waals surface area contributed by atoms with Gasteiger partial charge in [-0.3, -0.25) is 0 Å².